The van der Waals surface area contributed by atoms with E-state index in [1.54, 1.807) is 12.3 Å². The topological polar surface area (TPSA) is 56.7 Å². The molecule has 0 spiro atoms. The van der Waals surface area contributed by atoms with Gasteiger partial charge in [-0.2, -0.15) is 0 Å². The number of anilines is 1. The van der Waals surface area contributed by atoms with Crippen LogP contribution in [-0.4, -0.2) is 14.5 Å². The van der Waals surface area contributed by atoms with Crippen molar-refractivity contribution in [3.8, 4) is 0 Å². The van der Waals surface area contributed by atoms with Gasteiger partial charge in [0.25, 0.3) is 0 Å². The Bertz CT molecular complexity index is 562. The Hall–Kier alpha value is -1.29. The number of pyridine rings is 1. The summed E-state index contributed by atoms with van der Waals surface area (Å²) in [6, 6.07) is 2.11. The Morgan fingerprint density at radius 1 is 1.32 bits per heavy atom. The van der Waals surface area contributed by atoms with E-state index in [4.69, 9.17) is 17.3 Å². The molecule has 0 aliphatic carbocycles. The van der Waals surface area contributed by atoms with Crippen LogP contribution < -0.4 is 5.73 Å². The van der Waals surface area contributed by atoms with E-state index in [0.29, 0.717) is 17.0 Å². The summed E-state index contributed by atoms with van der Waals surface area (Å²) >= 11 is 5.93. The first-order valence-corrected chi connectivity index (χ1v) is 7.15. The van der Waals surface area contributed by atoms with Crippen molar-refractivity contribution in [2.75, 3.05) is 5.73 Å². The van der Waals surface area contributed by atoms with Crippen molar-refractivity contribution in [1.29, 1.82) is 0 Å². The summed E-state index contributed by atoms with van der Waals surface area (Å²) in [4.78, 5) is 8.69. The van der Waals surface area contributed by atoms with Crippen LogP contribution in [0.3, 0.4) is 0 Å². The lowest BCUT2D eigenvalue weighted by molar-refractivity contribution is 0.455. The third-order valence-corrected chi connectivity index (χ3v) is 3.57. The number of halogens is 1. The molecule has 0 saturated carbocycles. The fourth-order valence-electron chi connectivity index (χ4n) is 2.36. The fourth-order valence-corrected chi connectivity index (χ4v) is 2.51. The molecule has 19 heavy (non-hydrogen) atoms. The molecule has 2 rings (SSSR count). The monoisotopic (exact) mass is 280 g/mol. The lowest BCUT2D eigenvalue weighted by Gasteiger charge is -2.15. The van der Waals surface area contributed by atoms with E-state index < -0.39 is 0 Å². The molecule has 0 aliphatic rings. The van der Waals surface area contributed by atoms with E-state index in [9.17, 15) is 0 Å². The minimum Gasteiger partial charge on any atom is -0.369 e. The number of nitrogens with zero attached hydrogens (tertiary/aromatic N) is 3. The number of aromatic nitrogens is 3. The molecule has 0 fully saturated rings. The van der Waals surface area contributed by atoms with Crippen LogP contribution >= 0.6 is 11.6 Å². The van der Waals surface area contributed by atoms with Crippen molar-refractivity contribution in [3.05, 3.63) is 17.3 Å². The van der Waals surface area contributed by atoms with Gasteiger partial charge in [-0.15, -0.1) is 0 Å². The number of imidazole rings is 1. The largest absolute Gasteiger partial charge is 0.369 e. The molecule has 2 aromatic rings. The van der Waals surface area contributed by atoms with Crippen molar-refractivity contribution < 1.29 is 0 Å². The number of fused-ring (bicyclic) bond motifs is 1. The van der Waals surface area contributed by atoms with E-state index in [1.165, 1.54) is 12.8 Å². The van der Waals surface area contributed by atoms with Crippen molar-refractivity contribution >= 4 is 28.7 Å². The molecular formula is C14H21ClN4. The molecule has 104 valence electrons. The Morgan fingerprint density at radius 2 is 2.05 bits per heavy atom. The summed E-state index contributed by atoms with van der Waals surface area (Å²) in [7, 11) is 0. The standard InChI is InChI=1S/C14H21ClN4/c1-9(2)5-4-6-10(3)19-13-12(18-14(19)16)7-11(15)8-17-13/h7-10H,4-6H2,1-3H3,(H2,16,18). The van der Waals surface area contributed by atoms with Gasteiger partial charge in [-0.25, -0.2) is 9.97 Å². The quantitative estimate of drug-likeness (QED) is 0.899. The maximum Gasteiger partial charge on any atom is 0.202 e. The van der Waals surface area contributed by atoms with Crippen LogP contribution in [0.15, 0.2) is 12.3 Å². The smallest absolute Gasteiger partial charge is 0.202 e. The summed E-state index contributed by atoms with van der Waals surface area (Å²) in [5, 5.41) is 0.588. The SMILES string of the molecule is CC(C)CCCC(C)n1c(N)nc2cc(Cl)cnc21. The van der Waals surface area contributed by atoms with Crippen LogP contribution in [0.25, 0.3) is 11.2 Å². The predicted octanol–water partition coefficient (Wildman–Crippen LogP) is 4.05. The van der Waals surface area contributed by atoms with Gasteiger partial charge in [-0.1, -0.05) is 38.3 Å². The molecule has 0 radical (unpaired) electrons. The van der Waals surface area contributed by atoms with Gasteiger partial charge in [-0.05, 0) is 25.3 Å². The van der Waals surface area contributed by atoms with E-state index in [0.717, 1.165) is 23.5 Å². The normalized spacial score (nSPS) is 13.3. The number of rotatable bonds is 5. The lowest BCUT2D eigenvalue weighted by atomic mass is 10.0. The highest BCUT2D eigenvalue weighted by atomic mass is 35.5. The maximum atomic E-state index is 6.00. The van der Waals surface area contributed by atoms with Gasteiger partial charge in [0.2, 0.25) is 5.95 Å². The zero-order chi connectivity index (χ0) is 14.0. The van der Waals surface area contributed by atoms with Crippen LogP contribution in [0, 0.1) is 5.92 Å². The van der Waals surface area contributed by atoms with Crippen LogP contribution in [0.5, 0.6) is 0 Å². The van der Waals surface area contributed by atoms with Crippen molar-refractivity contribution in [1.82, 2.24) is 14.5 Å². The molecule has 0 saturated heterocycles. The molecular weight excluding hydrogens is 260 g/mol. The van der Waals surface area contributed by atoms with Gasteiger partial charge in [0.1, 0.15) is 5.52 Å². The summed E-state index contributed by atoms with van der Waals surface area (Å²) in [6.07, 6.45) is 5.14. The molecule has 0 bridgehead atoms. The summed E-state index contributed by atoms with van der Waals surface area (Å²) in [5.41, 5.74) is 7.59. The van der Waals surface area contributed by atoms with Gasteiger partial charge in [-0.3, -0.25) is 4.57 Å². The fraction of sp³-hybridized carbons (Fsp3) is 0.571. The first kappa shape index (κ1) is 14.1. The third-order valence-electron chi connectivity index (χ3n) is 3.37. The molecule has 2 aromatic heterocycles. The van der Waals surface area contributed by atoms with Crippen molar-refractivity contribution in [2.24, 2.45) is 5.92 Å². The minimum atomic E-state index is 0.303. The third kappa shape index (κ3) is 3.18. The van der Waals surface area contributed by atoms with Gasteiger partial charge < -0.3 is 5.73 Å². The predicted molar refractivity (Wildman–Crippen MR) is 80.4 cm³/mol. The Labute approximate surface area is 119 Å². The van der Waals surface area contributed by atoms with Crippen molar-refractivity contribution in [2.45, 2.75) is 46.1 Å². The number of hydrogen-bond acceptors (Lipinski definition) is 3. The average molecular weight is 281 g/mol. The molecule has 2 N–H and O–H groups in total. The maximum absolute atomic E-state index is 6.00. The van der Waals surface area contributed by atoms with Crippen LogP contribution in [-0.2, 0) is 0 Å². The molecule has 0 aromatic carbocycles. The summed E-state index contributed by atoms with van der Waals surface area (Å²) in [6.45, 7) is 6.65. The van der Waals surface area contributed by atoms with Gasteiger partial charge in [0.05, 0.1) is 5.02 Å². The molecule has 4 nitrogen and oxygen atoms in total. The first-order chi connectivity index (χ1) is 8.99. The molecule has 0 aliphatic heterocycles. The molecule has 2 heterocycles. The average Bonchev–Trinajstić information content (AvgIpc) is 2.63. The van der Waals surface area contributed by atoms with Crippen LogP contribution in [0.1, 0.15) is 46.1 Å². The lowest BCUT2D eigenvalue weighted by Crippen LogP contribution is -2.09. The van der Waals surface area contributed by atoms with Gasteiger partial charge in [0, 0.05) is 12.2 Å². The molecule has 5 heteroatoms. The Balaban J connectivity index is 2.21. The zero-order valence-electron chi connectivity index (χ0n) is 11.7. The zero-order valence-corrected chi connectivity index (χ0v) is 12.5. The van der Waals surface area contributed by atoms with E-state index >= 15 is 0 Å². The number of nitrogens with two attached hydrogens (primary N) is 1. The highest BCUT2D eigenvalue weighted by Crippen LogP contribution is 2.26. The van der Waals surface area contributed by atoms with E-state index in [-0.39, 0.29) is 0 Å². The molecule has 1 unspecified atom stereocenters. The van der Waals surface area contributed by atoms with Crippen molar-refractivity contribution in [3.63, 3.8) is 0 Å². The Morgan fingerprint density at radius 3 is 2.74 bits per heavy atom. The first-order valence-electron chi connectivity index (χ1n) is 6.78. The van der Waals surface area contributed by atoms with Gasteiger partial charge >= 0.3 is 0 Å². The molecule has 1 atom stereocenters. The number of nitrogen functional groups attached to an aromatic ring is 1. The molecule has 0 amide bonds. The van der Waals surface area contributed by atoms with Gasteiger partial charge in [0.15, 0.2) is 5.65 Å². The second kappa shape index (κ2) is 5.78. The Kier molecular flexibility index (Phi) is 4.30. The van der Waals surface area contributed by atoms with Crippen LogP contribution in [0.4, 0.5) is 5.95 Å². The van der Waals surface area contributed by atoms with E-state index in [2.05, 4.69) is 30.7 Å². The summed E-state index contributed by atoms with van der Waals surface area (Å²) in [5.74, 6) is 1.25. The summed E-state index contributed by atoms with van der Waals surface area (Å²) < 4.78 is 2.01. The highest BCUT2D eigenvalue weighted by molar-refractivity contribution is 6.31. The number of hydrogen-bond donors (Lipinski definition) is 1. The highest BCUT2D eigenvalue weighted by Gasteiger charge is 2.15. The minimum absolute atomic E-state index is 0.303. The van der Waals surface area contributed by atoms with Crippen LogP contribution in [0.2, 0.25) is 5.02 Å². The second-order valence-corrected chi connectivity index (χ2v) is 5.95. The van der Waals surface area contributed by atoms with E-state index in [1.807, 2.05) is 4.57 Å². The second-order valence-electron chi connectivity index (χ2n) is 5.51.